The maximum atomic E-state index is 10.5. The molecule has 0 aromatic heterocycles. The second-order valence-electron chi connectivity index (χ2n) is 3.03. The zero-order valence-electron chi connectivity index (χ0n) is 7.56. The maximum Gasteiger partial charge on any atom is 0.231 e. The molecular weight excluding hydrogens is 186 g/mol. The number of ether oxygens (including phenoxy) is 2. The van der Waals surface area contributed by atoms with Gasteiger partial charge in [-0.3, -0.25) is 0 Å². The van der Waals surface area contributed by atoms with E-state index >= 15 is 0 Å². The Morgan fingerprint density at radius 3 is 2.64 bits per heavy atom. The number of nitrogens with zero attached hydrogens (tertiary/aromatic N) is 1. The second kappa shape index (κ2) is 3.26. The van der Waals surface area contributed by atoms with Crippen LogP contribution in [0.1, 0.15) is 18.6 Å². The molecule has 0 amide bonds. The van der Waals surface area contributed by atoms with Crippen molar-refractivity contribution in [1.29, 1.82) is 0 Å². The van der Waals surface area contributed by atoms with Crippen LogP contribution in [0.4, 0.5) is 5.69 Å². The average Bonchev–Trinajstić information content (AvgIpc) is 2.62. The minimum atomic E-state index is -0.753. The zero-order chi connectivity index (χ0) is 10.1. The van der Waals surface area contributed by atoms with E-state index in [1.165, 1.54) is 6.07 Å². The molecule has 1 aliphatic heterocycles. The van der Waals surface area contributed by atoms with Crippen molar-refractivity contribution >= 4 is 5.69 Å². The highest BCUT2D eigenvalue weighted by Gasteiger charge is 2.19. The Kier molecular flexibility index (Phi) is 2.09. The molecule has 0 fully saturated rings. The highest BCUT2D eigenvalue weighted by molar-refractivity contribution is 5.58. The van der Waals surface area contributed by atoms with Gasteiger partial charge in [-0.25, -0.2) is 0 Å². The van der Waals surface area contributed by atoms with E-state index < -0.39 is 6.10 Å². The van der Waals surface area contributed by atoms with E-state index in [0.717, 1.165) is 0 Å². The van der Waals surface area contributed by atoms with Crippen LogP contribution >= 0.6 is 0 Å². The summed E-state index contributed by atoms with van der Waals surface area (Å²) in [7, 11) is 0. The summed E-state index contributed by atoms with van der Waals surface area (Å²) >= 11 is 0. The number of rotatable bonds is 2. The summed E-state index contributed by atoms with van der Waals surface area (Å²) in [5, 5.41) is 12.2. The van der Waals surface area contributed by atoms with Crippen LogP contribution in [0, 0.1) is 4.91 Å². The first-order valence-electron chi connectivity index (χ1n) is 4.17. The van der Waals surface area contributed by atoms with Gasteiger partial charge in [0.2, 0.25) is 6.79 Å². The van der Waals surface area contributed by atoms with E-state index in [1.54, 1.807) is 13.0 Å². The maximum absolute atomic E-state index is 10.5. The summed E-state index contributed by atoms with van der Waals surface area (Å²) in [6.45, 7) is 1.70. The van der Waals surface area contributed by atoms with Crippen molar-refractivity contribution in [2.45, 2.75) is 13.0 Å². The fourth-order valence-corrected chi connectivity index (χ4v) is 1.36. The van der Waals surface area contributed by atoms with Gasteiger partial charge >= 0.3 is 0 Å². The lowest BCUT2D eigenvalue weighted by Crippen LogP contribution is -1.93. The van der Waals surface area contributed by atoms with E-state index in [4.69, 9.17) is 9.47 Å². The van der Waals surface area contributed by atoms with E-state index in [0.29, 0.717) is 17.1 Å². The van der Waals surface area contributed by atoms with Gasteiger partial charge in [0.25, 0.3) is 0 Å². The van der Waals surface area contributed by atoms with Crippen molar-refractivity contribution in [1.82, 2.24) is 0 Å². The van der Waals surface area contributed by atoms with Gasteiger partial charge < -0.3 is 14.6 Å². The predicted octanol–water partition coefficient (Wildman–Crippen LogP) is 1.87. The molecule has 0 saturated heterocycles. The summed E-state index contributed by atoms with van der Waals surface area (Å²) in [4.78, 5) is 10.5. The first kappa shape index (κ1) is 8.96. The minimum Gasteiger partial charge on any atom is -0.454 e. The lowest BCUT2D eigenvalue weighted by molar-refractivity contribution is 0.173. The molecule has 1 N–H and O–H groups in total. The van der Waals surface area contributed by atoms with E-state index in [9.17, 15) is 10.0 Å². The summed E-state index contributed by atoms with van der Waals surface area (Å²) in [5.41, 5.74) is 0.633. The highest BCUT2D eigenvalue weighted by atomic mass is 16.7. The fraction of sp³-hybridized carbons (Fsp3) is 0.333. The number of benzene rings is 1. The van der Waals surface area contributed by atoms with Gasteiger partial charge in [-0.1, -0.05) is 0 Å². The monoisotopic (exact) mass is 195 g/mol. The normalized spacial score (nSPS) is 15.3. The lowest BCUT2D eigenvalue weighted by atomic mass is 10.1. The summed E-state index contributed by atoms with van der Waals surface area (Å²) in [6.07, 6.45) is -0.753. The molecule has 1 aromatic rings. The highest BCUT2D eigenvalue weighted by Crippen LogP contribution is 2.40. The van der Waals surface area contributed by atoms with Crippen molar-refractivity contribution < 1.29 is 14.6 Å². The van der Waals surface area contributed by atoms with Crippen LogP contribution in [0.5, 0.6) is 11.5 Å². The Labute approximate surface area is 80.2 Å². The van der Waals surface area contributed by atoms with Crippen molar-refractivity contribution in [2.24, 2.45) is 5.18 Å². The topological polar surface area (TPSA) is 68.1 Å². The molecule has 1 heterocycles. The standard InChI is InChI=1S/C9H9NO4/c1-5(11)6-2-8-9(14-4-13-8)3-7(6)10-12/h2-3,5,11H,4H2,1H3. The predicted molar refractivity (Wildman–Crippen MR) is 48.7 cm³/mol. The molecule has 1 atom stereocenters. The number of hydrogen-bond donors (Lipinski definition) is 1. The quantitative estimate of drug-likeness (QED) is 0.731. The fourth-order valence-electron chi connectivity index (χ4n) is 1.36. The molecule has 0 aliphatic carbocycles. The molecule has 1 unspecified atom stereocenters. The van der Waals surface area contributed by atoms with Crippen LogP contribution in [0.2, 0.25) is 0 Å². The Morgan fingerprint density at radius 2 is 2.07 bits per heavy atom. The van der Waals surface area contributed by atoms with Crippen LogP contribution in [0.3, 0.4) is 0 Å². The Morgan fingerprint density at radius 1 is 1.43 bits per heavy atom. The molecule has 5 heteroatoms. The van der Waals surface area contributed by atoms with Crippen LogP contribution in [-0.4, -0.2) is 11.9 Å². The number of hydrogen-bond acceptors (Lipinski definition) is 5. The molecule has 0 radical (unpaired) electrons. The van der Waals surface area contributed by atoms with Gasteiger partial charge in [0.1, 0.15) is 5.69 Å². The molecule has 0 saturated carbocycles. The van der Waals surface area contributed by atoms with Gasteiger partial charge in [0.15, 0.2) is 11.5 Å². The van der Waals surface area contributed by atoms with Gasteiger partial charge in [0, 0.05) is 11.6 Å². The molecule has 1 aliphatic rings. The van der Waals surface area contributed by atoms with E-state index in [-0.39, 0.29) is 12.5 Å². The number of aliphatic hydroxyl groups is 1. The number of nitroso groups, excluding NO2 is 1. The molecule has 5 nitrogen and oxygen atoms in total. The average molecular weight is 195 g/mol. The molecule has 2 rings (SSSR count). The molecule has 0 bridgehead atoms. The SMILES string of the molecule is CC(O)c1cc2c(cc1N=O)OCO2. The van der Waals surface area contributed by atoms with Crippen LogP contribution < -0.4 is 9.47 Å². The largest absolute Gasteiger partial charge is 0.454 e. The zero-order valence-corrected chi connectivity index (χ0v) is 7.56. The van der Waals surface area contributed by atoms with Gasteiger partial charge in [0.05, 0.1) is 6.10 Å². The van der Waals surface area contributed by atoms with Crippen molar-refractivity contribution in [3.8, 4) is 11.5 Å². The van der Waals surface area contributed by atoms with Crippen molar-refractivity contribution in [3.63, 3.8) is 0 Å². The van der Waals surface area contributed by atoms with Crippen molar-refractivity contribution in [2.75, 3.05) is 6.79 Å². The third-order valence-electron chi connectivity index (χ3n) is 2.07. The minimum absolute atomic E-state index is 0.136. The molecular formula is C9H9NO4. The molecule has 14 heavy (non-hydrogen) atoms. The van der Waals surface area contributed by atoms with Gasteiger partial charge in [-0.05, 0) is 18.2 Å². The molecule has 0 spiro atoms. The third-order valence-corrected chi connectivity index (χ3v) is 2.07. The lowest BCUT2D eigenvalue weighted by Gasteiger charge is -2.07. The van der Waals surface area contributed by atoms with Crippen LogP contribution in [0.15, 0.2) is 17.3 Å². The van der Waals surface area contributed by atoms with E-state index in [2.05, 4.69) is 5.18 Å². The molecule has 1 aromatic carbocycles. The Hall–Kier alpha value is -1.62. The van der Waals surface area contributed by atoms with Crippen LogP contribution in [-0.2, 0) is 0 Å². The summed E-state index contributed by atoms with van der Waals surface area (Å²) in [5.74, 6) is 1.03. The number of aliphatic hydroxyl groups excluding tert-OH is 1. The van der Waals surface area contributed by atoms with Crippen LogP contribution in [0.25, 0.3) is 0 Å². The first-order valence-corrected chi connectivity index (χ1v) is 4.17. The first-order chi connectivity index (χ1) is 6.72. The summed E-state index contributed by atoms with van der Waals surface area (Å²) in [6, 6.07) is 3.04. The molecule has 74 valence electrons. The van der Waals surface area contributed by atoms with Gasteiger partial charge in [-0.15, -0.1) is 4.91 Å². The van der Waals surface area contributed by atoms with Crippen molar-refractivity contribution in [3.05, 3.63) is 22.6 Å². The summed E-state index contributed by atoms with van der Waals surface area (Å²) < 4.78 is 10.2. The van der Waals surface area contributed by atoms with E-state index in [1.807, 2.05) is 0 Å². The third kappa shape index (κ3) is 1.31. The Bertz CT molecular complexity index is 375. The Balaban J connectivity index is 2.54. The van der Waals surface area contributed by atoms with Gasteiger partial charge in [-0.2, -0.15) is 0 Å². The second-order valence-corrected chi connectivity index (χ2v) is 3.03. The number of fused-ring (bicyclic) bond motifs is 1. The smallest absolute Gasteiger partial charge is 0.231 e.